The van der Waals surface area contributed by atoms with E-state index in [1.807, 2.05) is 47.8 Å². The standard InChI is InChI=1S/C23H16N2O3S/c26-22(21-9-4-14-29-21)25-24-15-16-10-12-18(13-11-16)28-23(27)20-8-3-6-17-5-1-2-7-19(17)20/h1-15H,(H,25,26)/b24-15+. The van der Waals surface area contributed by atoms with E-state index < -0.39 is 5.97 Å². The van der Waals surface area contributed by atoms with Gasteiger partial charge in [-0.3, -0.25) is 4.79 Å². The number of fused-ring (bicyclic) bond motifs is 1. The lowest BCUT2D eigenvalue weighted by molar-refractivity contribution is 0.0736. The lowest BCUT2D eigenvalue weighted by Crippen LogP contribution is -2.16. The van der Waals surface area contributed by atoms with E-state index in [2.05, 4.69) is 10.5 Å². The number of benzene rings is 3. The molecule has 0 unspecified atom stereocenters. The Bertz CT molecular complexity index is 1180. The van der Waals surface area contributed by atoms with E-state index in [0.717, 1.165) is 16.3 Å². The number of hydrogen-bond acceptors (Lipinski definition) is 5. The summed E-state index contributed by atoms with van der Waals surface area (Å²) in [4.78, 5) is 25.0. The molecule has 0 saturated heterocycles. The Morgan fingerprint density at radius 2 is 1.69 bits per heavy atom. The van der Waals surface area contributed by atoms with Crippen LogP contribution >= 0.6 is 11.3 Å². The number of ether oxygens (including phenoxy) is 1. The molecule has 6 heteroatoms. The average Bonchev–Trinajstić information content (AvgIpc) is 3.29. The van der Waals surface area contributed by atoms with Gasteiger partial charge in [-0.05, 0) is 58.1 Å². The third kappa shape index (κ3) is 4.39. The molecule has 1 N–H and O–H groups in total. The van der Waals surface area contributed by atoms with Crippen LogP contribution in [0.15, 0.2) is 89.3 Å². The Kier molecular flexibility index (Phi) is 5.45. The van der Waals surface area contributed by atoms with Crippen LogP contribution in [0.4, 0.5) is 0 Å². The number of carbonyl (C=O) groups excluding carboxylic acids is 2. The highest BCUT2D eigenvalue weighted by atomic mass is 32.1. The minimum absolute atomic E-state index is 0.253. The van der Waals surface area contributed by atoms with Crippen molar-refractivity contribution < 1.29 is 14.3 Å². The highest BCUT2D eigenvalue weighted by Crippen LogP contribution is 2.21. The highest BCUT2D eigenvalue weighted by Gasteiger charge is 2.12. The predicted octanol–water partition coefficient (Wildman–Crippen LogP) is 4.88. The van der Waals surface area contributed by atoms with Crippen molar-refractivity contribution in [2.45, 2.75) is 0 Å². The minimum atomic E-state index is -0.411. The molecule has 0 saturated carbocycles. The smallest absolute Gasteiger partial charge is 0.344 e. The predicted molar refractivity (Wildman–Crippen MR) is 115 cm³/mol. The first-order valence-corrected chi connectivity index (χ1v) is 9.75. The second-order valence-corrected chi connectivity index (χ2v) is 7.11. The van der Waals surface area contributed by atoms with Crippen LogP contribution in [0.3, 0.4) is 0 Å². The minimum Gasteiger partial charge on any atom is -0.423 e. The van der Waals surface area contributed by atoms with Gasteiger partial charge in [0.05, 0.1) is 16.7 Å². The number of thiophene rings is 1. The summed E-state index contributed by atoms with van der Waals surface area (Å²) in [6.07, 6.45) is 1.53. The number of amides is 1. The largest absolute Gasteiger partial charge is 0.423 e. The topological polar surface area (TPSA) is 67.8 Å². The summed E-state index contributed by atoms with van der Waals surface area (Å²) in [6.45, 7) is 0. The third-order valence-corrected chi connectivity index (χ3v) is 5.09. The van der Waals surface area contributed by atoms with E-state index in [-0.39, 0.29) is 5.91 Å². The molecule has 3 aromatic carbocycles. The van der Waals surface area contributed by atoms with Gasteiger partial charge in [-0.1, -0.05) is 42.5 Å². The number of hydrogen-bond donors (Lipinski definition) is 1. The molecule has 29 heavy (non-hydrogen) atoms. The molecule has 142 valence electrons. The fourth-order valence-corrected chi connectivity index (χ4v) is 3.43. The van der Waals surface area contributed by atoms with Crippen molar-refractivity contribution >= 4 is 40.2 Å². The number of carbonyl (C=O) groups is 2. The molecule has 4 aromatic rings. The molecule has 1 aromatic heterocycles. The van der Waals surface area contributed by atoms with Gasteiger partial charge < -0.3 is 4.74 Å². The fourth-order valence-electron chi connectivity index (χ4n) is 2.82. The van der Waals surface area contributed by atoms with Crippen molar-refractivity contribution in [2.24, 2.45) is 5.10 Å². The van der Waals surface area contributed by atoms with Gasteiger partial charge in [0.2, 0.25) is 0 Å². The normalized spacial score (nSPS) is 10.9. The molecule has 0 bridgehead atoms. The molecule has 0 radical (unpaired) electrons. The van der Waals surface area contributed by atoms with Gasteiger partial charge in [0.15, 0.2) is 0 Å². The Morgan fingerprint density at radius 3 is 2.48 bits per heavy atom. The van der Waals surface area contributed by atoms with Gasteiger partial charge in [0.1, 0.15) is 5.75 Å². The van der Waals surface area contributed by atoms with Gasteiger partial charge in [0, 0.05) is 0 Å². The van der Waals surface area contributed by atoms with Gasteiger partial charge in [-0.25, -0.2) is 10.2 Å². The molecule has 0 spiro atoms. The lowest BCUT2D eigenvalue weighted by Gasteiger charge is -2.07. The maximum atomic E-state index is 12.6. The van der Waals surface area contributed by atoms with Crippen molar-refractivity contribution in [1.82, 2.24) is 5.43 Å². The van der Waals surface area contributed by atoms with Crippen LogP contribution < -0.4 is 10.2 Å². The Labute approximate surface area is 171 Å². The van der Waals surface area contributed by atoms with E-state index >= 15 is 0 Å². The molecule has 1 amide bonds. The van der Waals surface area contributed by atoms with Crippen LogP contribution in [0.1, 0.15) is 25.6 Å². The Morgan fingerprint density at radius 1 is 0.897 bits per heavy atom. The van der Waals surface area contributed by atoms with Crippen LogP contribution in [-0.4, -0.2) is 18.1 Å². The van der Waals surface area contributed by atoms with E-state index in [1.165, 1.54) is 17.6 Å². The van der Waals surface area contributed by atoms with E-state index in [4.69, 9.17) is 4.74 Å². The van der Waals surface area contributed by atoms with Crippen LogP contribution in [0, 0.1) is 0 Å². The molecular weight excluding hydrogens is 384 g/mol. The van der Waals surface area contributed by atoms with Crippen molar-refractivity contribution in [2.75, 3.05) is 0 Å². The zero-order valence-corrected chi connectivity index (χ0v) is 16.1. The van der Waals surface area contributed by atoms with Gasteiger partial charge in [0.25, 0.3) is 5.91 Å². The molecule has 0 aliphatic carbocycles. The summed E-state index contributed by atoms with van der Waals surface area (Å²) in [5.41, 5.74) is 3.76. The van der Waals surface area contributed by atoms with Gasteiger partial charge in [-0.2, -0.15) is 5.10 Å². The Hall–Kier alpha value is -3.77. The zero-order valence-electron chi connectivity index (χ0n) is 15.2. The molecule has 5 nitrogen and oxygen atoms in total. The number of hydrazone groups is 1. The average molecular weight is 400 g/mol. The summed E-state index contributed by atoms with van der Waals surface area (Å²) in [5.74, 6) is -0.231. The number of esters is 1. The number of rotatable bonds is 5. The first-order valence-electron chi connectivity index (χ1n) is 8.87. The maximum Gasteiger partial charge on any atom is 0.344 e. The summed E-state index contributed by atoms with van der Waals surface area (Å²) in [5, 5.41) is 7.61. The SMILES string of the molecule is O=C(N/N=C/c1ccc(OC(=O)c2cccc3ccccc23)cc1)c1cccs1. The van der Waals surface area contributed by atoms with Crippen molar-refractivity contribution in [3.05, 3.63) is 100 Å². The van der Waals surface area contributed by atoms with E-state index in [9.17, 15) is 9.59 Å². The van der Waals surface area contributed by atoms with Gasteiger partial charge >= 0.3 is 5.97 Å². The number of nitrogens with one attached hydrogen (secondary N) is 1. The van der Waals surface area contributed by atoms with Gasteiger partial charge in [-0.15, -0.1) is 11.3 Å². The fraction of sp³-hybridized carbons (Fsp3) is 0. The molecule has 4 rings (SSSR count). The van der Waals surface area contributed by atoms with Crippen molar-refractivity contribution in [1.29, 1.82) is 0 Å². The molecule has 0 aliphatic heterocycles. The summed E-state index contributed by atoms with van der Waals surface area (Å²) in [6, 6.07) is 23.6. The molecule has 0 fully saturated rings. The quantitative estimate of drug-likeness (QED) is 0.225. The van der Waals surface area contributed by atoms with E-state index in [0.29, 0.717) is 16.2 Å². The first kappa shape index (κ1) is 18.6. The molecule has 0 atom stereocenters. The summed E-state index contributed by atoms with van der Waals surface area (Å²) >= 11 is 1.35. The Balaban J connectivity index is 1.41. The van der Waals surface area contributed by atoms with Crippen LogP contribution in [0.5, 0.6) is 5.75 Å². The summed E-state index contributed by atoms with van der Waals surface area (Å²) < 4.78 is 5.50. The molecular formula is C23H16N2O3S. The summed E-state index contributed by atoms with van der Waals surface area (Å²) in [7, 11) is 0. The van der Waals surface area contributed by atoms with Crippen molar-refractivity contribution in [3.63, 3.8) is 0 Å². The monoisotopic (exact) mass is 400 g/mol. The molecule has 1 heterocycles. The van der Waals surface area contributed by atoms with Crippen LogP contribution in [-0.2, 0) is 0 Å². The second kappa shape index (κ2) is 8.50. The highest BCUT2D eigenvalue weighted by molar-refractivity contribution is 7.12. The zero-order chi connectivity index (χ0) is 20.1. The third-order valence-electron chi connectivity index (χ3n) is 4.22. The van der Waals surface area contributed by atoms with Crippen LogP contribution in [0.2, 0.25) is 0 Å². The van der Waals surface area contributed by atoms with Crippen LogP contribution in [0.25, 0.3) is 10.8 Å². The second-order valence-electron chi connectivity index (χ2n) is 6.16. The van der Waals surface area contributed by atoms with E-state index in [1.54, 1.807) is 36.4 Å². The number of nitrogens with zero attached hydrogens (tertiary/aromatic N) is 1. The maximum absolute atomic E-state index is 12.6. The first-order chi connectivity index (χ1) is 14.2. The lowest BCUT2D eigenvalue weighted by atomic mass is 10.0. The molecule has 0 aliphatic rings. The van der Waals surface area contributed by atoms with Crippen molar-refractivity contribution in [3.8, 4) is 5.75 Å².